The topological polar surface area (TPSA) is 131 Å². The minimum absolute atomic E-state index is 0.110. The number of nitro groups is 1. The summed E-state index contributed by atoms with van der Waals surface area (Å²) in [4.78, 5) is 37.8. The Bertz CT molecular complexity index is 1980. The first-order valence-corrected chi connectivity index (χ1v) is 12.8. The van der Waals surface area contributed by atoms with Crippen molar-refractivity contribution in [1.82, 2.24) is 4.57 Å². The zero-order chi connectivity index (χ0) is 28.2. The molecule has 0 aliphatic rings. The van der Waals surface area contributed by atoms with Crippen molar-refractivity contribution in [3.63, 3.8) is 0 Å². The van der Waals surface area contributed by atoms with Gasteiger partial charge in [-0.2, -0.15) is 5.26 Å². The van der Waals surface area contributed by atoms with E-state index in [1.54, 1.807) is 78.9 Å². The Kier molecular flexibility index (Phi) is 7.22. The SMILES string of the molecule is Cc1cccc(NC(=O)/C(C#N)=c2/s/c(=C/c3ccc(-c4ccccc4[N+](=O)[O-])o3)c(=O)n2-c2ccccc2)c1. The van der Waals surface area contributed by atoms with Crippen LogP contribution in [0.15, 0.2) is 100 Å². The smallest absolute Gasteiger partial charge is 0.280 e. The summed E-state index contributed by atoms with van der Waals surface area (Å²) < 4.78 is 7.52. The number of hydrogen-bond acceptors (Lipinski definition) is 7. The van der Waals surface area contributed by atoms with Crippen molar-refractivity contribution in [2.75, 3.05) is 5.32 Å². The molecule has 1 N–H and O–H groups in total. The van der Waals surface area contributed by atoms with Gasteiger partial charge in [0.05, 0.1) is 20.7 Å². The summed E-state index contributed by atoms with van der Waals surface area (Å²) >= 11 is 0.970. The molecule has 0 bridgehead atoms. The molecule has 3 aromatic carbocycles. The van der Waals surface area contributed by atoms with Crippen LogP contribution in [-0.2, 0) is 4.79 Å². The Morgan fingerprint density at radius 3 is 2.52 bits per heavy atom. The molecule has 2 heterocycles. The minimum Gasteiger partial charge on any atom is -0.456 e. The van der Waals surface area contributed by atoms with E-state index in [0.29, 0.717) is 16.9 Å². The quantitative estimate of drug-likeness (QED) is 0.245. The highest BCUT2D eigenvalue weighted by molar-refractivity contribution is 7.07. The zero-order valence-electron chi connectivity index (χ0n) is 21.0. The number of nitrogens with one attached hydrogen (secondary N) is 1. The number of rotatable bonds is 6. The maximum absolute atomic E-state index is 13.6. The van der Waals surface area contributed by atoms with Crippen LogP contribution in [0.4, 0.5) is 11.4 Å². The fourth-order valence-electron chi connectivity index (χ4n) is 4.12. The van der Waals surface area contributed by atoms with E-state index in [2.05, 4.69) is 5.32 Å². The summed E-state index contributed by atoms with van der Waals surface area (Å²) in [6.07, 6.45) is 1.49. The molecular formula is C30H20N4O5S. The molecule has 0 radical (unpaired) electrons. The van der Waals surface area contributed by atoms with E-state index in [1.165, 1.54) is 16.7 Å². The highest BCUT2D eigenvalue weighted by atomic mass is 32.1. The molecule has 1 amide bonds. The predicted molar refractivity (Wildman–Crippen MR) is 152 cm³/mol. The van der Waals surface area contributed by atoms with Crippen LogP contribution in [0, 0.1) is 28.4 Å². The summed E-state index contributed by atoms with van der Waals surface area (Å²) in [7, 11) is 0. The number of carbonyl (C=O) groups is 1. The normalized spacial score (nSPS) is 12.1. The fourth-order valence-corrected chi connectivity index (χ4v) is 5.20. The second-order valence-corrected chi connectivity index (χ2v) is 9.71. The van der Waals surface area contributed by atoms with Gasteiger partial charge in [0, 0.05) is 17.8 Å². The van der Waals surface area contributed by atoms with E-state index >= 15 is 0 Å². The van der Waals surface area contributed by atoms with E-state index in [9.17, 15) is 25.0 Å². The number of aromatic nitrogens is 1. The molecule has 10 heteroatoms. The molecule has 0 unspecified atom stereocenters. The molecule has 0 aliphatic carbocycles. The van der Waals surface area contributed by atoms with Crippen molar-refractivity contribution >= 4 is 40.3 Å². The van der Waals surface area contributed by atoms with E-state index in [4.69, 9.17) is 4.42 Å². The monoisotopic (exact) mass is 548 g/mol. The Morgan fingerprint density at radius 1 is 1.05 bits per heavy atom. The van der Waals surface area contributed by atoms with Crippen molar-refractivity contribution in [1.29, 1.82) is 5.26 Å². The number of nitriles is 1. The Morgan fingerprint density at radius 2 is 1.80 bits per heavy atom. The van der Waals surface area contributed by atoms with E-state index in [0.717, 1.165) is 16.9 Å². The van der Waals surface area contributed by atoms with Gasteiger partial charge in [-0.25, -0.2) is 0 Å². The summed E-state index contributed by atoms with van der Waals surface area (Å²) in [6, 6.07) is 27.2. The van der Waals surface area contributed by atoms with Gasteiger partial charge in [0.15, 0.2) is 5.57 Å². The first-order valence-electron chi connectivity index (χ1n) is 12.0. The molecule has 0 spiro atoms. The molecule has 196 valence electrons. The van der Waals surface area contributed by atoms with Crippen LogP contribution >= 0.6 is 11.3 Å². The molecule has 0 atom stereocenters. The second kappa shape index (κ2) is 11.1. The standard InChI is InChI=1S/C30H20N4O5S/c1-19-8-7-9-20(16-19)32-28(35)24(18-31)30-33(21-10-3-2-4-11-21)29(36)27(40-30)17-22-14-15-26(39-22)23-12-5-6-13-25(23)34(37)38/h2-17H,1H3,(H,32,35)/b27-17+,30-24+. The number of carbonyl (C=O) groups excluding carboxylic acids is 1. The van der Waals surface area contributed by atoms with Gasteiger partial charge in [0.2, 0.25) is 0 Å². The van der Waals surface area contributed by atoms with Crippen LogP contribution in [0.2, 0.25) is 0 Å². The first-order chi connectivity index (χ1) is 19.4. The van der Waals surface area contributed by atoms with Crippen molar-refractivity contribution in [2.24, 2.45) is 0 Å². The van der Waals surface area contributed by atoms with E-state index in [1.807, 2.05) is 19.1 Å². The van der Waals surface area contributed by atoms with Crippen molar-refractivity contribution < 1.29 is 14.1 Å². The number of hydrogen-bond donors (Lipinski definition) is 1. The number of furan rings is 1. The number of para-hydroxylation sites is 2. The molecule has 5 rings (SSSR count). The lowest BCUT2D eigenvalue weighted by molar-refractivity contribution is -0.384. The number of nitro benzene ring substituents is 1. The lowest BCUT2D eigenvalue weighted by Gasteiger charge is -2.06. The number of amides is 1. The highest BCUT2D eigenvalue weighted by Gasteiger charge is 2.19. The van der Waals surface area contributed by atoms with Crippen LogP contribution in [-0.4, -0.2) is 15.4 Å². The molecule has 0 saturated heterocycles. The Balaban J connectivity index is 1.66. The fraction of sp³-hybridized carbons (Fsp3) is 0.0333. The van der Waals surface area contributed by atoms with Crippen LogP contribution < -0.4 is 20.1 Å². The van der Waals surface area contributed by atoms with Gasteiger partial charge in [-0.05, 0) is 55.0 Å². The minimum atomic E-state index is -0.651. The van der Waals surface area contributed by atoms with Crippen molar-refractivity contribution in [3.8, 4) is 23.1 Å². The first kappa shape index (κ1) is 26.1. The number of benzene rings is 3. The Labute approximate surface area is 231 Å². The number of nitrogens with zero attached hydrogens (tertiary/aromatic N) is 3. The van der Waals surface area contributed by atoms with Gasteiger partial charge in [0.25, 0.3) is 17.2 Å². The zero-order valence-corrected chi connectivity index (χ0v) is 21.8. The maximum Gasteiger partial charge on any atom is 0.280 e. The number of thiazole rings is 1. The number of anilines is 1. The van der Waals surface area contributed by atoms with Crippen LogP contribution in [0.1, 0.15) is 11.3 Å². The van der Waals surface area contributed by atoms with Gasteiger partial charge in [0.1, 0.15) is 22.3 Å². The third-order valence-electron chi connectivity index (χ3n) is 5.93. The van der Waals surface area contributed by atoms with Crippen LogP contribution in [0.25, 0.3) is 28.7 Å². The average molecular weight is 549 g/mol. The van der Waals surface area contributed by atoms with Crippen molar-refractivity contribution in [2.45, 2.75) is 6.92 Å². The van der Waals surface area contributed by atoms with Gasteiger partial charge in [-0.15, -0.1) is 11.3 Å². The summed E-state index contributed by atoms with van der Waals surface area (Å²) in [5, 5.41) is 24.2. The molecule has 9 nitrogen and oxygen atoms in total. The van der Waals surface area contributed by atoms with Crippen molar-refractivity contribution in [3.05, 3.63) is 132 Å². The largest absolute Gasteiger partial charge is 0.456 e. The second-order valence-electron chi connectivity index (χ2n) is 8.68. The average Bonchev–Trinajstić information content (AvgIpc) is 3.54. The molecular weight excluding hydrogens is 528 g/mol. The highest BCUT2D eigenvalue weighted by Crippen LogP contribution is 2.31. The maximum atomic E-state index is 13.6. The predicted octanol–water partition coefficient (Wildman–Crippen LogP) is 4.52. The van der Waals surface area contributed by atoms with Gasteiger partial charge >= 0.3 is 0 Å². The summed E-state index contributed by atoms with van der Waals surface area (Å²) in [5.41, 5.74) is 1.44. The third kappa shape index (κ3) is 5.22. The Hall–Kier alpha value is -5.53. The number of aryl methyl sites for hydroxylation is 1. The lowest BCUT2D eigenvalue weighted by Crippen LogP contribution is -2.32. The van der Waals surface area contributed by atoms with E-state index < -0.39 is 16.4 Å². The molecule has 0 fully saturated rings. The molecule has 2 aromatic heterocycles. The van der Waals surface area contributed by atoms with Crippen LogP contribution in [0.5, 0.6) is 0 Å². The van der Waals surface area contributed by atoms with Gasteiger partial charge in [-0.1, -0.05) is 42.5 Å². The molecule has 5 aromatic rings. The summed E-state index contributed by atoms with van der Waals surface area (Å²) in [6.45, 7) is 1.88. The molecule has 0 aliphatic heterocycles. The molecule has 40 heavy (non-hydrogen) atoms. The van der Waals surface area contributed by atoms with E-state index in [-0.39, 0.29) is 32.0 Å². The van der Waals surface area contributed by atoms with Gasteiger partial charge in [-0.3, -0.25) is 24.3 Å². The lowest BCUT2D eigenvalue weighted by atomic mass is 10.1. The van der Waals surface area contributed by atoms with Gasteiger partial charge < -0.3 is 9.73 Å². The van der Waals surface area contributed by atoms with Crippen LogP contribution in [0.3, 0.4) is 0 Å². The summed E-state index contributed by atoms with van der Waals surface area (Å²) in [5.74, 6) is -0.108. The molecule has 0 saturated carbocycles. The third-order valence-corrected chi connectivity index (χ3v) is 7.03.